The lowest BCUT2D eigenvalue weighted by molar-refractivity contribution is -0.115. The minimum absolute atomic E-state index is 0.0321. The van der Waals surface area contributed by atoms with Crippen LogP contribution in [0.5, 0.6) is 0 Å². The van der Waals surface area contributed by atoms with Gasteiger partial charge in [-0.25, -0.2) is 4.98 Å². The second-order valence-electron chi connectivity index (χ2n) is 4.21. The standard InChI is InChI=1S/C13H11N3O2S/c17-11-6-8-1-2-9(5-10(8)16-11)13(18)15-7-12-14-3-4-19-12/h1-5H,6-7H2,(H,15,18)(H,16,17). The van der Waals surface area contributed by atoms with Gasteiger partial charge in [-0.2, -0.15) is 0 Å². The van der Waals surface area contributed by atoms with Crippen molar-refractivity contribution in [2.24, 2.45) is 0 Å². The Kier molecular flexibility index (Phi) is 3.00. The number of hydrogen-bond acceptors (Lipinski definition) is 4. The van der Waals surface area contributed by atoms with Gasteiger partial charge in [-0.15, -0.1) is 11.3 Å². The predicted molar refractivity (Wildman–Crippen MR) is 72.1 cm³/mol. The van der Waals surface area contributed by atoms with E-state index in [1.807, 2.05) is 11.4 Å². The summed E-state index contributed by atoms with van der Waals surface area (Å²) in [6, 6.07) is 5.25. The normalized spacial score (nSPS) is 12.9. The Bertz CT molecular complexity index is 637. The molecule has 96 valence electrons. The van der Waals surface area contributed by atoms with E-state index in [-0.39, 0.29) is 11.8 Å². The van der Waals surface area contributed by atoms with Crippen LogP contribution in [0.4, 0.5) is 5.69 Å². The Balaban J connectivity index is 1.70. The van der Waals surface area contributed by atoms with Gasteiger partial charge >= 0.3 is 0 Å². The van der Waals surface area contributed by atoms with E-state index < -0.39 is 0 Å². The Morgan fingerprint density at radius 2 is 2.37 bits per heavy atom. The van der Waals surface area contributed by atoms with Gasteiger partial charge in [0.05, 0.1) is 13.0 Å². The van der Waals surface area contributed by atoms with Gasteiger partial charge in [-0.1, -0.05) is 6.07 Å². The molecule has 19 heavy (non-hydrogen) atoms. The number of fused-ring (bicyclic) bond motifs is 1. The van der Waals surface area contributed by atoms with Gasteiger partial charge in [0.25, 0.3) is 5.91 Å². The molecule has 2 N–H and O–H groups in total. The smallest absolute Gasteiger partial charge is 0.251 e. The molecule has 2 amide bonds. The van der Waals surface area contributed by atoms with Gasteiger partial charge < -0.3 is 10.6 Å². The maximum Gasteiger partial charge on any atom is 0.251 e. The number of nitrogens with zero attached hydrogens (tertiary/aromatic N) is 1. The SMILES string of the molecule is O=C1Cc2ccc(C(=O)NCc3nccs3)cc2N1. The van der Waals surface area contributed by atoms with Gasteiger partial charge in [0, 0.05) is 22.8 Å². The summed E-state index contributed by atoms with van der Waals surface area (Å²) < 4.78 is 0. The molecule has 2 aromatic rings. The first-order valence-corrected chi connectivity index (χ1v) is 6.70. The van der Waals surface area contributed by atoms with Crippen LogP contribution in [-0.4, -0.2) is 16.8 Å². The van der Waals surface area contributed by atoms with Crippen LogP contribution in [0.15, 0.2) is 29.8 Å². The number of carbonyl (C=O) groups is 2. The molecule has 0 fully saturated rings. The van der Waals surface area contributed by atoms with Crippen molar-refractivity contribution in [3.05, 3.63) is 45.9 Å². The number of thiazole rings is 1. The number of nitrogens with one attached hydrogen (secondary N) is 2. The van der Waals surface area contributed by atoms with E-state index in [9.17, 15) is 9.59 Å². The molecule has 0 saturated heterocycles. The van der Waals surface area contributed by atoms with E-state index in [4.69, 9.17) is 0 Å². The summed E-state index contributed by atoms with van der Waals surface area (Å²) in [6.45, 7) is 0.417. The molecule has 1 aromatic carbocycles. The zero-order valence-electron chi connectivity index (χ0n) is 9.97. The van der Waals surface area contributed by atoms with E-state index in [0.717, 1.165) is 16.3 Å². The largest absolute Gasteiger partial charge is 0.346 e. The van der Waals surface area contributed by atoms with Crippen molar-refractivity contribution in [3.63, 3.8) is 0 Å². The number of aromatic nitrogens is 1. The Labute approximate surface area is 113 Å². The number of carbonyl (C=O) groups excluding carboxylic acids is 2. The summed E-state index contributed by atoms with van der Waals surface area (Å²) >= 11 is 1.50. The average Bonchev–Trinajstić information content (AvgIpc) is 3.02. The van der Waals surface area contributed by atoms with Crippen molar-refractivity contribution in [2.75, 3.05) is 5.32 Å². The average molecular weight is 273 g/mol. The predicted octanol–water partition coefficient (Wildman–Crippen LogP) is 1.57. The molecule has 0 atom stereocenters. The lowest BCUT2D eigenvalue weighted by atomic mass is 10.1. The Hall–Kier alpha value is -2.21. The van der Waals surface area contributed by atoms with Crippen molar-refractivity contribution in [2.45, 2.75) is 13.0 Å². The second kappa shape index (κ2) is 4.81. The highest BCUT2D eigenvalue weighted by Gasteiger charge is 2.18. The fraction of sp³-hybridized carbons (Fsp3) is 0.154. The second-order valence-corrected chi connectivity index (χ2v) is 5.18. The van der Waals surface area contributed by atoms with Gasteiger partial charge in [-0.3, -0.25) is 9.59 Å². The number of amides is 2. The lowest BCUT2D eigenvalue weighted by Gasteiger charge is -2.05. The summed E-state index contributed by atoms with van der Waals surface area (Å²) in [4.78, 5) is 27.3. The van der Waals surface area contributed by atoms with Crippen LogP contribution in [0.3, 0.4) is 0 Å². The van der Waals surface area contributed by atoms with E-state index in [1.54, 1.807) is 18.3 Å². The van der Waals surface area contributed by atoms with Crippen molar-refractivity contribution in [3.8, 4) is 0 Å². The fourth-order valence-electron chi connectivity index (χ4n) is 1.95. The summed E-state index contributed by atoms with van der Waals surface area (Å²) in [5, 5.41) is 8.26. The van der Waals surface area contributed by atoms with Gasteiger partial charge in [0.15, 0.2) is 0 Å². The monoisotopic (exact) mass is 273 g/mol. The Morgan fingerprint density at radius 3 is 3.16 bits per heavy atom. The molecule has 0 radical (unpaired) electrons. The molecule has 0 spiro atoms. The molecule has 1 aliphatic heterocycles. The highest BCUT2D eigenvalue weighted by molar-refractivity contribution is 7.09. The van der Waals surface area contributed by atoms with E-state index in [2.05, 4.69) is 15.6 Å². The highest BCUT2D eigenvalue weighted by atomic mass is 32.1. The molecule has 6 heteroatoms. The van der Waals surface area contributed by atoms with Crippen LogP contribution >= 0.6 is 11.3 Å². The van der Waals surface area contributed by atoms with E-state index >= 15 is 0 Å². The molecular weight excluding hydrogens is 262 g/mol. The summed E-state index contributed by atoms with van der Waals surface area (Å²) in [7, 11) is 0. The minimum Gasteiger partial charge on any atom is -0.346 e. The maximum absolute atomic E-state index is 12.0. The zero-order chi connectivity index (χ0) is 13.2. The zero-order valence-corrected chi connectivity index (χ0v) is 10.8. The molecule has 0 unspecified atom stereocenters. The molecule has 0 saturated carbocycles. The van der Waals surface area contributed by atoms with Crippen molar-refractivity contribution < 1.29 is 9.59 Å². The number of rotatable bonds is 3. The van der Waals surface area contributed by atoms with Crippen molar-refractivity contribution in [1.29, 1.82) is 0 Å². The number of benzene rings is 1. The van der Waals surface area contributed by atoms with Gasteiger partial charge in [0.1, 0.15) is 5.01 Å². The first-order valence-electron chi connectivity index (χ1n) is 5.82. The quantitative estimate of drug-likeness (QED) is 0.891. The van der Waals surface area contributed by atoms with Crippen LogP contribution < -0.4 is 10.6 Å². The molecule has 1 aliphatic rings. The van der Waals surface area contributed by atoms with Crippen LogP contribution in [-0.2, 0) is 17.8 Å². The third-order valence-electron chi connectivity index (χ3n) is 2.88. The summed E-state index contributed by atoms with van der Waals surface area (Å²) in [6.07, 6.45) is 2.09. The fourth-order valence-corrected chi connectivity index (χ4v) is 2.51. The third kappa shape index (κ3) is 2.48. The van der Waals surface area contributed by atoms with Crippen LogP contribution in [0.1, 0.15) is 20.9 Å². The molecule has 0 bridgehead atoms. The van der Waals surface area contributed by atoms with Crippen molar-refractivity contribution in [1.82, 2.24) is 10.3 Å². The van der Waals surface area contributed by atoms with Crippen molar-refractivity contribution >= 4 is 28.8 Å². The molecule has 1 aromatic heterocycles. The highest BCUT2D eigenvalue weighted by Crippen LogP contribution is 2.23. The first kappa shape index (κ1) is 11.9. The molecule has 2 heterocycles. The topological polar surface area (TPSA) is 71.1 Å². The van der Waals surface area contributed by atoms with Crippen LogP contribution in [0.2, 0.25) is 0 Å². The maximum atomic E-state index is 12.0. The minimum atomic E-state index is -0.167. The summed E-state index contributed by atoms with van der Waals surface area (Å²) in [5.41, 5.74) is 2.20. The molecule has 0 aliphatic carbocycles. The third-order valence-corrected chi connectivity index (χ3v) is 3.66. The van der Waals surface area contributed by atoms with E-state index in [0.29, 0.717) is 18.5 Å². The van der Waals surface area contributed by atoms with E-state index in [1.165, 1.54) is 11.3 Å². The van der Waals surface area contributed by atoms with Crippen LogP contribution in [0, 0.1) is 0 Å². The van der Waals surface area contributed by atoms with Crippen LogP contribution in [0.25, 0.3) is 0 Å². The molecule has 5 nitrogen and oxygen atoms in total. The van der Waals surface area contributed by atoms with Gasteiger partial charge in [0.2, 0.25) is 5.91 Å². The van der Waals surface area contributed by atoms with Gasteiger partial charge in [-0.05, 0) is 17.7 Å². The first-order chi connectivity index (χ1) is 9.22. The molecular formula is C13H11N3O2S. The number of hydrogen-bond donors (Lipinski definition) is 2. The Morgan fingerprint density at radius 1 is 1.47 bits per heavy atom. The molecule has 3 rings (SSSR count). The summed E-state index contributed by atoms with van der Waals surface area (Å²) in [5.74, 6) is -0.200. The number of anilines is 1. The lowest BCUT2D eigenvalue weighted by Crippen LogP contribution is -2.22.